The molecule has 0 aromatic rings. The van der Waals surface area contributed by atoms with Crippen LogP contribution in [-0.4, -0.2) is 42.1 Å². The first-order valence-corrected chi connectivity index (χ1v) is 6.73. The molecular weight excluding hydrogens is 214 g/mol. The Morgan fingerprint density at radius 2 is 2.18 bits per heavy atom. The van der Waals surface area contributed by atoms with E-state index >= 15 is 0 Å². The van der Waals surface area contributed by atoms with Crippen molar-refractivity contribution in [1.29, 1.82) is 0 Å². The first-order chi connectivity index (χ1) is 7.94. The van der Waals surface area contributed by atoms with E-state index in [9.17, 15) is 4.79 Å². The van der Waals surface area contributed by atoms with Gasteiger partial charge < -0.3 is 15.5 Å². The molecule has 100 valence electrons. The van der Waals surface area contributed by atoms with Crippen LogP contribution in [0, 0.1) is 0 Å². The summed E-state index contributed by atoms with van der Waals surface area (Å²) >= 11 is 0. The van der Waals surface area contributed by atoms with Crippen LogP contribution in [0.1, 0.15) is 47.0 Å². The Labute approximate surface area is 105 Å². The summed E-state index contributed by atoms with van der Waals surface area (Å²) in [5.41, 5.74) is -0.162. The van der Waals surface area contributed by atoms with Crippen LogP contribution < -0.4 is 10.6 Å². The van der Waals surface area contributed by atoms with Crippen molar-refractivity contribution in [3.05, 3.63) is 0 Å². The smallest absolute Gasteiger partial charge is 0.318 e. The molecule has 1 saturated heterocycles. The molecule has 17 heavy (non-hydrogen) atoms. The number of piperidine rings is 1. The molecule has 0 spiro atoms. The van der Waals surface area contributed by atoms with E-state index in [1.165, 1.54) is 0 Å². The van der Waals surface area contributed by atoms with E-state index in [0.29, 0.717) is 6.04 Å². The van der Waals surface area contributed by atoms with Gasteiger partial charge in [0.25, 0.3) is 0 Å². The molecule has 1 heterocycles. The van der Waals surface area contributed by atoms with E-state index in [-0.39, 0.29) is 11.6 Å². The quantitative estimate of drug-likeness (QED) is 0.793. The lowest BCUT2D eigenvalue weighted by molar-refractivity contribution is 0.153. The molecule has 1 atom stereocenters. The number of carbonyl (C=O) groups is 1. The third kappa shape index (κ3) is 4.94. The van der Waals surface area contributed by atoms with Crippen molar-refractivity contribution in [2.45, 2.75) is 58.5 Å². The summed E-state index contributed by atoms with van der Waals surface area (Å²) in [7, 11) is 0. The minimum absolute atomic E-state index is 0.0769. The Morgan fingerprint density at radius 1 is 1.47 bits per heavy atom. The third-order valence-corrected chi connectivity index (χ3v) is 2.92. The largest absolute Gasteiger partial charge is 0.333 e. The topological polar surface area (TPSA) is 44.4 Å². The SMILES string of the molecule is CCCN(C(=O)NC(C)(C)C)C1CCCNC1. The Hall–Kier alpha value is -0.770. The van der Waals surface area contributed by atoms with Crippen LogP contribution in [0.3, 0.4) is 0 Å². The van der Waals surface area contributed by atoms with Crippen LogP contribution in [0.25, 0.3) is 0 Å². The molecule has 1 fully saturated rings. The highest BCUT2D eigenvalue weighted by Crippen LogP contribution is 2.12. The number of amides is 2. The lowest BCUT2D eigenvalue weighted by Crippen LogP contribution is -2.55. The highest BCUT2D eigenvalue weighted by molar-refractivity contribution is 5.75. The number of nitrogens with zero attached hydrogens (tertiary/aromatic N) is 1. The summed E-state index contributed by atoms with van der Waals surface area (Å²) in [6.07, 6.45) is 3.28. The molecular formula is C13H27N3O. The van der Waals surface area contributed by atoms with Crippen LogP contribution in [0.4, 0.5) is 4.79 Å². The summed E-state index contributed by atoms with van der Waals surface area (Å²) in [5, 5.41) is 6.43. The monoisotopic (exact) mass is 241 g/mol. The molecule has 2 N–H and O–H groups in total. The standard InChI is InChI=1S/C13H27N3O/c1-5-9-16(11-7-6-8-14-10-11)12(17)15-13(2,3)4/h11,14H,5-10H2,1-4H3,(H,15,17). The molecule has 1 aliphatic rings. The van der Waals surface area contributed by atoms with Gasteiger partial charge in [-0.15, -0.1) is 0 Å². The minimum atomic E-state index is -0.162. The van der Waals surface area contributed by atoms with E-state index in [1.807, 2.05) is 25.7 Å². The average Bonchev–Trinajstić information content (AvgIpc) is 2.24. The second kappa shape index (κ2) is 6.24. The molecule has 1 rings (SSSR count). The zero-order chi connectivity index (χ0) is 12.9. The fourth-order valence-corrected chi connectivity index (χ4v) is 2.18. The number of rotatable bonds is 3. The minimum Gasteiger partial charge on any atom is -0.333 e. The van der Waals surface area contributed by atoms with Crippen molar-refractivity contribution >= 4 is 6.03 Å². The first-order valence-electron chi connectivity index (χ1n) is 6.73. The lowest BCUT2D eigenvalue weighted by Gasteiger charge is -2.36. The van der Waals surface area contributed by atoms with Gasteiger partial charge in [0.15, 0.2) is 0 Å². The van der Waals surface area contributed by atoms with Crippen LogP contribution in [0.5, 0.6) is 0 Å². The fraction of sp³-hybridized carbons (Fsp3) is 0.923. The molecule has 1 unspecified atom stereocenters. The fourth-order valence-electron chi connectivity index (χ4n) is 2.18. The van der Waals surface area contributed by atoms with Crippen LogP contribution >= 0.6 is 0 Å². The zero-order valence-corrected chi connectivity index (χ0v) is 11.7. The molecule has 1 aliphatic heterocycles. The van der Waals surface area contributed by atoms with Crippen LogP contribution in [0.15, 0.2) is 0 Å². The molecule has 0 aliphatic carbocycles. The van der Waals surface area contributed by atoms with Crippen LogP contribution in [0.2, 0.25) is 0 Å². The predicted octanol–water partition coefficient (Wildman–Crippen LogP) is 1.96. The predicted molar refractivity (Wildman–Crippen MR) is 71.2 cm³/mol. The van der Waals surface area contributed by atoms with Gasteiger partial charge in [-0.05, 0) is 46.6 Å². The second-order valence-corrected chi connectivity index (χ2v) is 5.87. The van der Waals surface area contributed by atoms with Crippen molar-refractivity contribution < 1.29 is 4.79 Å². The molecule has 0 saturated carbocycles. The Balaban J connectivity index is 2.60. The van der Waals surface area contributed by atoms with Gasteiger partial charge in [0.1, 0.15) is 0 Å². The van der Waals surface area contributed by atoms with E-state index in [2.05, 4.69) is 17.6 Å². The van der Waals surface area contributed by atoms with Crippen molar-refractivity contribution in [2.24, 2.45) is 0 Å². The highest BCUT2D eigenvalue weighted by atomic mass is 16.2. The van der Waals surface area contributed by atoms with Gasteiger partial charge in [-0.2, -0.15) is 0 Å². The normalized spacial score (nSPS) is 21.1. The Kier molecular flexibility index (Phi) is 5.25. The van der Waals surface area contributed by atoms with Crippen molar-refractivity contribution in [2.75, 3.05) is 19.6 Å². The summed E-state index contributed by atoms with van der Waals surface area (Å²) in [5.74, 6) is 0. The van der Waals surface area contributed by atoms with Gasteiger partial charge in [-0.3, -0.25) is 0 Å². The van der Waals surface area contributed by atoms with Crippen molar-refractivity contribution in [1.82, 2.24) is 15.5 Å². The van der Waals surface area contributed by atoms with Gasteiger partial charge >= 0.3 is 6.03 Å². The lowest BCUT2D eigenvalue weighted by atomic mass is 10.1. The Morgan fingerprint density at radius 3 is 2.65 bits per heavy atom. The third-order valence-electron chi connectivity index (χ3n) is 2.92. The van der Waals surface area contributed by atoms with Crippen molar-refractivity contribution in [3.63, 3.8) is 0 Å². The zero-order valence-electron chi connectivity index (χ0n) is 11.7. The molecule has 0 aromatic heterocycles. The summed E-state index contributed by atoms with van der Waals surface area (Å²) in [6.45, 7) is 11.0. The molecule has 0 radical (unpaired) electrons. The van der Waals surface area contributed by atoms with Gasteiger partial charge in [0.05, 0.1) is 0 Å². The molecule has 0 bridgehead atoms. The van der Waals surface area contributed by atoms with E-state index in [0.717, 1.165) is 38.9 Å². The second-order valence-electron chi connectivity index (χ2n) is 5.87. The molecule has 4 nitrogen and oxygen atoms in total. The van der Waals surface area contributed by atoms with Gasteiger partial charge in [0, 0.05) is 24.7 Å². The summed E-state index contributed by atoms with van der Waals surface area (Å²) in [4.78, 5) is 14.2. The maximum Gasteiger partial charge on any atom is 0.318 e. The number of hydrogen-bond donors (Lipinski definition) is 2. The number of carbonyl (C=O) groups excluding carboxylic acids is 1. The van der Waals surface area contributed by atoms with Gasteiger partial charge in [-0.25, -0.2) is 4.79 Å². The number of urea groups is 1. The highest BCUT2D eigenvalue weighted by Gasteiger charge is 2.26. The maximum atomic E-state index is 12.2. The Bertz CT molecular complexity index is 242. The van der Waals surface area contributed by atoms with E-state index in [1.54, 1.807) is 0 Å². The molecule has 2 amide bonds. The van der Waals surface area contributed by atoms with Gasteiger partial charge in [-0.1, -0.05) is 6.92 Å². The van der Waals surface area contributed by atoms with Crippen molar-refractivity contribution in [3.8, 4) is 0 Å². The number of nitrogens with one attached hydrogen (secondary N) is 2. The summed E-state index contributed by atoms with van der Waals surface area (Å²) in [6, 6.07) is 0.430. The van der Waals surface area contributed by atoms with E-state index < -0.39 is 0 Å². The van der Waals surface area contributed by atoms with Crippen LogP contribution in [-0.2, 0) is 0 Å². The first kappa shape index (κ1) is 14.3. The van der Waals surface area contributed by atoms with Gasteiger partial charge in [0.2, 0.25) is 0 Å². The van der Waals surface area contributed by atoms with E-state index in [4.69, 9.17) is 0 Å². The summed E-state index contributed by atoms with van der Waals surface area (Å²) < 4.78 is 0. The maximum absolute atomic E-state index is 12.2. The molecule has 0 aromatic carbocycles. The number of hydrogen-bond acceptors (Lipinski definition) is 2. The average molecular weight is 241 g/mol. The molecule has 4 heteroatoms.